The Morgan fingerprint density at radius 1 is 0.703 bits per heavy atom. The second kappa shape index (κ2) is 24.2. The van der Waals surface area contributed by atoms with Gasteiger partial charge in [0.05, 0.1) is 59.5 Å². The quantitative estimate of drug-likeness (QED) is 0.0487. The van der Waals surface area contributed by atoms with Gasteiger partial charge in [0.15, 0.2) is 16.6 Å². The summed E-state index contributed by atoms with van der Waals surface area (Å²) in [6.07, 6.45) is 3.89. The van der Waals surface area contributed by atoms with Crippen LogP contribution < -0.4 is 5.73 Å². The fourth-order valence-electron chi connectivity index (χ4n) is 3.72. The number of ether oxygens (including phenoxy) is 5. The molecule has 0 unspecified atom stereocenters. The van der Waals surface area contributed by atoms with E-state index in [4.69, 9.17) is 39.1 Å². The van der Waals surface area contributed by atoms with Gasteiger partial charge in [-0.2, -0.15) is 0 Å². The number of Topliss-reactive ketones (excluding diaryl/α,β-unsaturated/α-hetero) is 1. The van der Waals surface area contributed by atoms with Crippen molar-refractivity contribution in [2.45, 2.75) is 70.4 Å². The third kappa shape index (κ3) is 26.5. The van der Waals surface area contributed by atoms with Crippen molar-refractivity contribution in [1.29, 1.82) is 0 Å². The van der Waals surface area contributed by atoms with Gasteiger partial charge in [0.25, 0.3) is 0 Å². The van der Waals surface area contributed by atoms with Crippen molar-refractivity contribution < 1.29 is 32.6 Å². The number of azide groups is 1. The van der Waals surface area contributed by atoms with E-state index in [0.29, 0.717) is 91.2 Å². The average molecular weight is 565 g/mol. The predicted octanol–water partition coefficient (Wildman–Crippen LogP) is 4.28. The lowest BCUT2D eigenvalue weighted by Gasteiger charge is -2.34. The molecular weight excluding hydrogens is 512 g/mol. The minimum Gasteiger partial charge on any atom is -0.455 e. The summed E-state index contributed by atoms with van der Waals surface area (Å²) in [4.78, 5) is 14.8. The summed E-state index contributed by atoms with van der Waals surface area (Å²) in [6.45, 7) is 15.0. The van der Waals surface area contributed by atoms with E-state index >= 15 is 0 Å². The van der Waals surface area contributed by atoms with Crippen LogP contribution in [0.1, 0.15) is 32.1 Å². The first-order valence-electron chi connectivity index (χ1n) is 13.5. The molecule has 0 radical (unpaired) electrons. The summed E-state index contributed by atoms with van der Waals surface area (Å²) >= 11 is 0. The number of carbonyl (C=O) groups excluding carboxylic acids is 1. The zero-order chi connectivity index (χ0) is 27.7. The maximum absolute atomic E-state index is 12.2. The maximum Gasteiger partial charge on any atom is 0.173 e. The van der Waals surface area contributed by atoms with Crippen LogP contribution in [0.25, 0.3) is 10.4 Å². The van der Waals surface area contributed by atoms with Crippen LogP contribution in [0.15, 0.2) is 5.11 Å². The van der Waals surface area contributed by atoms with Crippen molar-refractivity contribution in [3.63, 3.8) is 0 Å². The standard InChI is InChI=1S/C24H52N4O7Si2/c1-36(2,35-37(3,4)23-7-10-25)22-6-9-24(29)8-5-12-30-14-16-32-18-20-34-21-19-33-17-15-31-13-11-27-28-26/h5-23,25H2,1-4H3. The van der Waals surface area contributed by atoms with Crippen LogP contribution in [-0.2, 0) is 32.6 Å². The summed E-state index contributed by atoms with van der Waals surface area (Å²) in [5.41, 5.74) is 13.8. The molecule has 0 fully saturated rings. The van der Waals surface area contributed by atoms with E-state index in [1.165, 1.54) is 0 Å². The Hall–Kier alpha value is -0.866. The summed E-state index contributed by atoms with van der Waals surface area (Å²) in [6, 6.07) is 2.13. The minimum atomic E-state index is -1.74. The normalized spacial score (nSPS) is 12.0. The van der Waals surface area contributed by atoms with E-state index in [1.54, 1.807) is 0 Å². The highest BCUT2D eigenvalue weighted by Gasteiger charge is 2.32. The van der Waals surface area contributed by atoms with Crippen molar-refractivity contribution in [1.82, 2.24) is 0 Å². The summed E-state index contributed by atoms with van der Waals surface area (Å²) < 4.78 is 33.6. The van der Waals surface area contributed by atoms with Crippen LogP contribution in [0.2, 0.25) is 38.3 Å². The molecule has 11 nitrogen and oxygen atoms in total. The molecule has 0 heterocycles. The number of ketones is 1. The molecule has 0 aliphatic rings. The zero-order valence-electron chi connectivity index (χ0n) is 23.7. The van der Waals surface area contributed by atoms with E-state index in [0.717, 1.165) is 37.9 Å². The topological polar surface area (TPSA) is 147 Å². The second-order valence-electron chi connectivity index (χ2n) is 10.0. The molecule has 0 saturated heterocycles. The van der Waals surface area contributed by atoms with Gasteiger partial charge in [-0.05, 0) is 69.6 Å². The molecule has 0 amide bonds. The van der Waals surface area contributed by atoms with Gasteiger partial charge in [-0.1, -0.05) is 5.11 Å². The Kier molecular flexibility index (Phi) is 23.6. The van der Waals surface area contributed by atoms with Crippen LogP contribution in [0.5, 0.6) is 0 Å². The first-order chi connectivity index (χ1) is 17.7. The molecule has 2 N–H and O–H groups in total. The molecule has 0 saturated carbocycles. The molecular formula is C24H52N4O7Si2. The van der Waals surface area contributed by atoms with Crippen molar-refractivity contribution in [3.05, 3.63) is 10.4 Å². The van der Waals surface area contributed by atoms with Crippen LogP contribution in [0.4, 0.5) is 0 Å². The van der Waals surface area contributed by atoms with Gasteiger partial charge in [0, 0.05) is 30.9 Å². The Labute approximate surface area is 225 Å². The van der Waals surface area contributed by atoms with E-state index in [9.17, 15) is 4.79 Å². The number of nitrogens with two attached hydrogens (primary N) is 1. The van der Waals surface area contributed by atoms with Crippen LogP contribution in [0.3, 0.4) is 0 Å². The Morgan fingerprint density at radius 2 is 1.14 bits per heavy atom. The summed E-state index contributed by atoms with van der Waals surface area (Å²) in [5, 5.41) is 3.37. The van der Waals surface area contributed by atoms with E-state index in [2.05, 4.69) is 36.2 Å². The fourth-order valence-corrected chi connectivity index (χ4v) is 12.6. The van der Waals surface area contributed by atoms with Crippen LogP contribution in [-0.4, -0.2) is 102 Å². The molecule has 0 rings (SSSR count). The molecule has 0 spiro atoms. The van der Waals surface area contributed by atoms with Crippen LogP contribution in [0, 0.1) is 0 Å². The van der Waals surface area contributed by atoms with Gasteiger partial charge in [-0.25, -0.2) is 0 Å². The zero-order valence-corrected chi connectivity index (χ0v) is 25.7. The molecule has 0 aromatic heterocycles. The summed E-state index contributed by atoms with van der Waals surface area (Å²) in [5.74, 6) is 0.309. The van der Waals surface area contributed by atoms with Crippen molar-refractivity contribution in [3.8, 4) is 0 Å². The lowest BCUT2D eigenvalue weighted by atomic mass is 10.1. The number of rotatable bonds is 28. The Morgan fingerprint density at radius 3 is 1.62 bits per heavy atom. The molecule has 0 aromatic rings. The SMILES string of the molecule is C[Si](C)(CCCN)O[Si](C)(C)CCCC(=O)CCCOCCOCCOCCOCCOCCN=[N+]=[N-]. The molecule has 218 valence electrons. The third-order valence-electron chi connectivity index (χ3n) is 5.40. The van der Waals surface area contributed by atoms with Crippen molar-refractivity contribution in [2.24, 2.45) is 10.8 Å². The highest BCUT2D eigenvalue weighted by atomic mass is 28.4. The molecule has 0 aromatic carbocycles. The number of carbonyl (C=O) groups is 1. The number of hydrogen-bond acceptors (Lipinski definition) is 9. The van der Waals surface area contributed by atoms with Gasteiger partial charge >= 0.3 is 0 Å². The maximum atomic E-state index is 12.2. The fraction of sp³-hybridized carbons (Fsp3) is 0.958. The molecule has 0 atom stereocenters. The van der Waals surface area contributed by atoms with Gasteiger partial charge in [-0.15, -0.1) is 0 Å². The molecule has 37 heavy (non-hydrogen) atoms. The second-order valence-corrected chi connectivity index (χ2v) is 18.9. The van der Waals surface area contributed by atoms with E-state index < -0.39 is 16.6 Å². The summed E-state index contributed by atoms with van der Waals surface area (Å²) in [7, 11) is -3.39. The number of hydrogen-bond donors (Lipinski definition) is 1. The van der Waals surface area contributed by atoms with E-state index in [-0.39, 0.29) is 0 Å². The smallest absolute Gasteiger partial charge is 0.173 e. The van der Waals surface area contributed by atoms with E-state index in [1.807, 2.05) is 0 Å². The first-order valence-corrected chi connectivity index (χ1v) is 19.8. The number of nitrogens with zero attached hydrogens (tertiary/aromatic N) is 3. The van der Waals surface area contributed by atoms with Crippen molar-refractivity contribution >= 4 is 22.4 Å². The highest BCUT2D eigenvalue weighted by molar-refractivity contribution is 6.84. The lowest BCUT2D eigenvalue weighted by molar-refractivity contribution is -0.119. The molecule has 0 aliphatic heterocycles. The first kappa shape index (κ1) is 36.1. The molecule has 0 bridgehead atoms. The van der Waals surface area contributed by atoms with Gasteiger partial charge in [-0.3, -0.25) is 4.79 Å². The molecule has 13 heteroatoms. The predicted molar refractivity (Wildman–Crippen MR) is 151 cm³/mol. The monoisotopic (exact) mass is 564 g/mol. The van der Waals surface area contributed by atoms with Crippen molar-refractivity contribution in [2.75, 3.05) is 79.2 Å². The van der Waals surface area contributed by atoms with Gasteiger partial charge < -0.3 is 33.5 Å². The molecule has 0 aliphatic carbocycles. The minimum absolute atomic E-state index is 0.309. The van der Waals surface area contributed by atoms with Gasteiger partial charge in [0.2, 0.25) is 0 Å². The van der Waals surface area contributed by atoms with Gasteiger partial charge in [0.1, 0.15) is 5.78 Å². The lowest BCUT2D eigenvalue weighted by Crippen LogP contribution is -2.44. The highest BCUT2D eigenvalue weighted by Crippen LogP contribution is 2.24. The average Bonchev–Trinajstić information content (AvgIpc) is 2.83. The Balaban J connectivity index is 3.45. The third-order valence-corrected chi connectivity index (χ3v) is 12.9. The van der Waals surface area contributed by atoms with Crippen LogP contribution >= 0.6 is 0 Å². The Bertz CT molecular complexity index is 610. The largest absolute Gasteiger partial charge is 0.455 e.